The molecule has 3 aromatic rings. The van der Waals surface area contributed by atoms with E-state index < -0.39 is 11.6 Å². The summed E-state index contributed by atoms with van der Waals surface area (Å²) in [6, 6.07) is 15.6. The number of amides is 1. The molecule has 0 unspecified atom stereocenters. The molecule has 4 rings (SSSR count). The van der Waals surface area contributed by atoms with Crippen molar-refractivity contribution >= 4 is 17.6 Å². The van der Waals surface area contributed by atoms with Gasteiger partial charge in [0, 0.05) is 37.9 Å². The standard InChI is InChI=1S/C28H34N4O4/c1-19-15-20(11-12-25(19)36-28(2,3)27(34)35)18-29-26(33)24-17-23(30-31(24)4)21-9-8-10-22(16-21)32-13-6-5-7-14-32/h8-12,15-17H,5-7,13-14,18H2,1-4H3,(H,29,33)(H,34,35). The van der Waals surface area contributed by atoms with Gasteiger partial charge in [-0.2, -0.15) is 5.10 Å². The Kier molecular flexibility index (Phi) is 7.33. The van der Waals surface area contributed by atoms with Crippen LogP contribution in [0.2, 0.25) is 0 Å². The van der Waals surface area contributed by atoms with E-state index in [9.17, 15) is 14.7 Å². The van der Waals surface area contributed by atoms with E-state index in [0.717, 1.165) is 35.5 Å². The molecule has 1 aliphatic rings. The van der Waals surface area contributed by atoms with Crippen molar-refractivity contribution in [2.45, 2.75) is 52.2 Å². The Hall–Kier alpha value is -3.81. The highest BCUT2D eigenvalue weighted by molar-refractivity contribution is 5.93. The molecule has 8 nitrogen and oxygen atoms in total. The molecule has 190 valence electrons. The first-order valence-electron chi connectivity index (χ1n) is 12.3. The lowest BCUT2D eigenvalue weighted by atomic mass is 10.1. The lowest BCUT2D eigenvalue weighted by molar-refractivity contribution is -0.152. The smallest absolute Gasteiger partial charge is 0.347 e. The third-order valence-electron chi connectivity index (χ3n) is 6.55. The van der Waals surface area contributed by atoms with Crippen molar-refractivity contribution in [3.63, 3.8) is 0 Å². The SMILES string of the molecule is Cc1cc(CNC(=O)c2cc(-c3cccc(N4CCCCC4)c3)nn2C)ccc1OC(C)(C)C(=O)O. The molecule has 2 heterocycles. The molecule has 2 N–H and O–H groups in total. The number of aryl methyl sites for hydroxylation is 2. The fourth-order valence-electron chi connectivity index (χ4n) is 4.36. The monoisotopic (exact) mass is 490 g/mol. The zero-order chi connectivity index (χ0) is 25.9. The molecule has 0 atom stereocenters. The number of aromatic nitrogens is 2. The van der Waals surface area contributed by atoms with Gasteiger partial charge in [0.25, 0.3) is 5.91 Å². The molecule has 0 bridgehead atoms. The maximum Gasteiger partial charge on any atom is 0.347 e. The minimum absolute atomic E-state index is 0.214. The highest BCUT2D eigenvalue weighted by atomic mass is 16.5. The van der Waals surface area contributed by atoms with Crippen molar-refractivity contribution in [1.82, 2.24) is 15.1 Å². The number of carbonyl (C=O) groups excluding carboxylic acids is 1. The number of hydrogen-bond acceptors (Lipinski definition) is 5. The number of carbonyl (C=O) groups is 2. The van der Waals surface area contributed by atoms with Gasteiger partial charge < -0.3 is 20.1 Å². The molecule has 1 aliphatic heterocycles. The summed E-state index contributed by atoms with van der Waals surface area (Å²) in [6.45, 7) is 7.34. The first-order valence-corrected chi connectivity index (χ1v) is 12.3. The van der Waals surface area contributed by atoms with Gasteiger partial charge in [-0.25, -0.2) is 4.79 Å². The van der Waals surface area contributed by atoms with Crippen LogP contribution < -0.4 is 15.0 Å². The summed E-state index contributed by atoms with van der Waals surface area (Å²) in [7, 11) is 1.77. The van der Waals surface area contributed by atoms with Crippen LogP contribution in [0.1, 0.15) is 54.7 Å². The largest absolute Gasteiger partial charge is 0.478 e. The summed E-state index contributed by atoms with van der Waals surface area (Å²) < 4.78 is 7.26. The van der Waals surface area contributed by atoms with Crippen LogP contribution in [0.5, 0.6) is 5.75 Å². The zero-order valence-corrected chi connectivity index (χ0v) is 21.4. The summed E-state index contributed by atoms with van der Waals surface area (Å²) in [5, 5.41) is 16.8. The van der Waals surface area contributed by atoms with E-state index in [4.69, 9.17) is 4.74 Å². The molecular weight excluding hydrogens is 456 g/mol. The highest BCUT2D eigenvalue weighted by Gasteiger charge is 2.30. The molecule has 2 aromatic carbocycles. The van der Waals surface area contributed by atoms with Gasteiger partial charge in [0.15, 0.2) is 5.60 Å². The van der Waals surface area contributed by atoms with Gasteiger partial charge >= 0.3 is 5.97 Å². The van der Waals surface area contributed by atoms with Crippen LogP contribution in [0.25, 0.3) is 11.3 Å². The molecule has 1 saturated heterocycles. The average Bonchev–Trinajstić information content (AvgIpc) is 3.26. The Morgan fingerprint density at radius 2 is 1.83 bits per heavy atom. The maximum absolute atomic E-state index is 12.9. The van der Waals surface area contributed by atoms with Crippen LogP contribution in [-0.4, -0.2) is 45.5 Å². The van der Waals surface area contributed by atoms with Crippen LogP contribution in [0.15, 0.2) is 48.5 Å². The van der Waals surface area contributed by atoms with Gasteiger partial charge in [0.2, 0.25) is 0 Å². The van der Waals surface area contributed by atoms with E-state index in [-0.39, 0.29) is 5.91 Å². The van der Waals surface area contributed by atoms with Crippen LogP contribution in [-0.2, 0) is 18.4 Å². The third-order valence-corrected chi connectivity index (χ3v) is 6.55. The molecule has 0 saturated carbocycles. The topological polar surface area (TPSA) is 96.7 Å². The number of anilines is 1. The lowest BCUT2D eigenvalue weighted by Gasteiger charge is -2.29. The van der Waals surface area contributed by atoms with Crippen LogP contribution in [0.4, 0.5) is 5.69 Å². The third kappa shape index (κ3) is 5.70. The van der Waals surface area contributed by atoms with E-state index in [1.165, 1.54) is 38.8 Å². The summed E-state index contributed by atoms with van der Waals surface area (Å²) in [5.74, 6) is -0.749. The number of carboxylic acids is 1. The lowest BCUT2D eigenvalue weighted by Crippen LogP contribution is -2.38. The number of benzene rings is 2. The van der Waals surface area contributed by atoms with Gasteiger partial charge in [0.1, 0.15) is 11.4 Å². The number of carboxylic acid groups (broad SMARTS) is 1. The van der Waals surface area contributed by atoms with E-state index in [1.54, 1.807) is 17.8 Å². The molecule has 1 amide bonds. The Morgan fingerprint density at radius 3 is 2.53 bits per heavy atom. The number of hydrogen-bond donors (Lipinski definition) is 2. The second kappa shape index (κ2) is 10.4. The number of aliphatic carboxylic acids is 1. The summed E-state index contributed by atoms with van der Waals surface area (Å²) in [5.41, 5.74) is 3.78. The minimum atomic E-state index is -1.33. The molecule has 1 fully saturated rings. The molecule has 1 aromatic heterocycles. The van der Waals surface area contributed by atoms with Gasteiger partial charge in [-0.3, -0.25) is 9.48 Å². The van der Waals surface area contributed by atoms with Crippen LogP contribution in [0, 0.1) is 6.92 Å². The maximum atomic E-state index is 12.9. The number of nitrogens with zero attached hydrogens (tertiary/aromatic N) is 3. The fraction of sp³-hybridized carbons (Fsp3) is 0.393. The average molecular weight is 491 g/mol. The van der Waals surface area contributed by atoms with E-state index in [1.807, 2.05) is 37.3 Å². The fourth-order valence-corrected chi connectivity index (χ4v) is 4.36. The quantitative estimate of drug-likeness (QED) is 0.481. The number of piperidine rings is 1. The van der Waals surface area contributed by atoms with Gasteiger partial charge in [-0.15, -0.1) is 0 Å². The zero-order valence-electron chi connectivity index (χ0n) is 21.4. The summed E-state index contributed by atoms with van der Waals surface area (Å²) in [6.07, 6.45) is 3.72. The van der Waals surface area contributed by atoms with Gasteiger partial charge in [-0.05, 0) is 75.4 Å². The first-order chi connectivity index (χ1) is 17.1. The summed E-state index contributed by atoms with van der Waals surface area (Å²) in [4.78, 5) is 26.7. The van der Waals surface area contributed by atoms with Crippen molar-refractivity contribution in [2.75, 3.05) is 18.0 Å². The number of nitrogens with one attached hydrogen (secondary N) is 1. The van der Waals surface area contributed by atoms with E-state index >= 15 is 0 Å². The highest BCUT2D eigenvalue weighted by Crippen LogP contribution is 2.27. The van der Waals surface area contributed by atoms with Crippen molar-refractivity contribution in [3.05, 3.63) is 65.4 Å². The van der Waals surface area contributed by atoms with Crippen molar-refractivity contribution in [2.24, 2.45) is 7.05 Å². The minimum Gasteiger partial charge on any atom is -0.478 e. The second-order valence-corrected chi connectivity index (χ2v) is 9.84. The predicted octanol–water partition coefficient (Wildman–Crippen LogP) is 4.56. The molecule has 0 aliphatic carbocycles. The van der Waals surface area contributed by atoms with Crippen LogP contribution in [0.3, 0.4) is 0 Å². The first kappa shape index (κ1) is 25.3. The molecule has 0 radical (unpaired) electrons. The van der Waals surface area contributed by atoms with Gasteiger partial charge in [-0.1, -0.05) is 24.3 Å². The Labute approximate surface area is 211 Å². The van der Waals surface area contributed by atoms with E-state index in [2.05, 4.69) is 27.4 Å². The number of ether oxygens (including phenoxy) is 1. The molecule has 8 heteroatoms. The van der Waals surface area contributed by atoms with Gasteiger partial charge in [0.05, 0.1) is 5.69 Å². The van der Waals surface area contributed by atoms with Crippen LogP contribution >= 0.6 is 0 Å². The molecule has 36 heavy (non-hydrogen) atoms. The summed E-state index contributed by atoms with van der Waals surface area (Å²) >= 11 is 0. The normalized spacial score (nSPS) is 13.9. The Balaban J connectivity index is 1.42. The predicted molar refractivity (Wildman–Crippen MR) is 139 cm³/mol. The van der Waals surface area contributed by atoms with Crippen molar-refractivity contribution in [1.29, 1.82) is 0 Å². The second-order valence-electron chi connectivity index (χ2n) is 9.84. The molecular formula is C28H34N4O4. The Morgan fingerprint density at radius 1 is 1.08 bits per heavy atom. The van der Waals surface area contributed by atoms with E-state index in [0.29, 0.717) is 18.0 Å². The number of rotatable bonds is 8. The molecule has 0 spiro atoms. The Bertz CT molecular complexity index is 1260. The van der Waals surface area contributed by atoms with Crippen molar-refractivity contribution < 1.29 is 19.4 Å². The van der Waals surface area contributed by atoms with Crippen molar-refractivity contribution in [3.8, 4) is 17.0 Å².